The number of rotatable bonds is 7. The SMILES string of the molecule is CCN(CC(=O)O)C1CC(NC(=O)C2(c3cccc(Br)c3)CC2)C1. The monoisotopic (exact) mass is 394 g/mol. The first kappa shape index (κ1) is 17.4. The first-order valence-corrected chi connectivity index (χ1v) is 9.27. The van der Waals surface area contributed by atoms with Crippen molar-refractivity contribution in [3.8, 4) is 0 Å². The summed E-state index contributed by atoms with van der Waals surface area (Å²) in [6, 6.07) is 8.41. The van der Waals surface area contributed by atoms with E-state index in [1.165, 1.54) is 0 Å². The third-order valence-electron chi connectivity index (χ3n) is 5.27. The Morgan fingerprint density at radius 1 is 1.38 bits per heavy atom. The van der Waals surface area contributed by atoms with Gasteiger partial charge >= 0.3 is 5.97 Å². The van der Waals surface area contributed by atoms with Gasteiger partial charge in [-0.1, -0.05) is 35.0 Å². The molecule has 2 aliphatic carbocycles. The minimum atomic E-state index is -0.795. The summed E-state index contributed by atoms with van der Waals surface area (Å²) in [5, 5.41) is 12.1. The van der Waals surface area contributed by atoms with E-state index in [9.17, 15) is 9.59 Å². The van der Waals surface area contributed by atoms with E-state index in [1.807, 2.05) is 36.1 Å². The van der Waals surface area contributed by atoms with Gasteiger partial charge in [0.2, 0.25) is 5.91 Å². The number of aliphatic carboxylic acids is 1. The largest absolute Gasteiger partial charge is 0.480 e. The molecule has 130 valence electrons. The van der Waals surface area contributed by atoms with Crippen LogP contribution in [0.4, 0.5) is 0 Å². The Morgan fingerprint density at radius 2 is 2.08 bits per heavy atom. The van der Waals surface area contributed by atoms with E-state index in [4.69, 9.17) is 5.11 Å². The van der Waals surface area contributed by atoms with Crippen molar-refractivity contribution in [2.75, 3.05) is 13.1 Å². The standard InChI is InChI=1S/C18H23BrN2O3/c1-2-21(11-16(22)23)15-9-14(10-15)20-17(24)18(6-7-18)12-4-3-5-13(19)8-12/h3-5,8,14-15H,2,6-7,9-11H2,1H3,(H,20,24)(H,22,23). The number of carboxylic acid groups (broad SMARTS) is 1. The number of hydrogen-bond acceptors (Lipinski definition) is 3. The van der Waals surface area contributed by atoms with E-state index in [2.05, 4.69) is 21.2 Å². The zero-order valence-corrected chi connectivity index (χ0v) is 15.4. The molecule has 3 rings (SSSR count). The summed E-state index contributed by atoms with van der Waals surface area (Å²) < 4.78 is 0.995. The molecule has 0 aliphatic heterocycles. The lowest BCUT2D eigenvalue weighted by Crippen LogP contribution is -2.56. The van der Waals surface area contributed by atoms with E-state index in [-0.39, 0.29) is 30.0 Å². The molecule has 1 amide bonds. The summed E-state index contributed by atoms with van der Waals surface area (Å²) in [7, 11) is 0. The topological polar surface area (TPSA) is 69.6 Å². The molecule has 24 heavy (non-hydrogen) atoms. The van der Waals surface area contributed by atoms with Crippen LogP contribution in [0.1, 0.15) is 38.2 Å². The molecule has 0 atom stereocenters. The summed E-state index contributed by atoms with van der Waals surface area (Å²) in [5.41, 5.74) is 0.715. The fourth-order valence-corrected chi connectivity index (χ4v) is 3.96. The molecule has 2 aliphatic rings. The summed E-state index contributed by atoms with van der Waals surface area (Å²) in [6.45, 7) is 2.77. The molecule has 0 bridgehead atoms. The Kier molecular flexibility index (Phi) is 4.97. The highest BCUT2D eigenvalue weighted by Crippen LogP contribution is 2.49. The number of carboxylic acids is 1. The fraction of sp³-hybridized carbons (Fsp3) is 0.556. The van der Waals surface area contributed by atoms with Crippen LogP contribution in [-0.2, 0) is 15.0 Å². The predicted octanol–water partition coefficient (Wildman–Crippen LogP) is 2.53. The first-order valence-electron chi connectivity index (χ1n) is 8.47. The van der Waals surface area contributed by atoms with Crippen molar-refractivity contribution >= 4 is 27.8 Å². The summed E-state index contributed by atoms with van der Waals surface area (Å²) >= 11 is 3.47. The molecule has 1 aromatic carbocycles. The molecule has 0 saturated heterocycles. The van der Waals surface area contributed by atoms with E-state index in [1.54, 1.807) is 0 Å². The van der Waals surface area contributed by atoms with Crippen LogP contribution in [0, 0.1) is 0 Å². The van der Waals surface area contributed by atoms with Crippen LogP contribution in [-0.4, -0.2) is 47.1 Å². The number of halogens is 1. The van der Waals surface area contributed by atoms with Gasteiger partial charge < -0.3 is 10.4 Å². The summed E-state index contributed by atoms with van der Waals surface area (Å²) in [5.74, 6) is -0.679. The van der Waals surface area contributed by atoms with Gasteiger partial charge in [0.05, 0.1) is 12.0 Å². The first-order chi connectivity index (χ1) is 11.4. The van der Waals surface area contributed by atoms with Crippen LogP contribution in [0.2, 0.25) is 0 Å². The number of nitrogens with zero attached hydrogens (tertiary/aromatic N) is 1. The minimum Gasteiger partial charge on any atom is -0.480 e. The number of carbonyl (C=O) groups excluding carboxylic acids is 1. The summed E-state index contributed by atoms with van der Waals surface area (Å²) in [4.78, 5) is 25.6. The molecule has 0 unspecified atom stereocenters. The van der Waals surface area contributed by atoms with Crippen LogP contribution in [0.25, 0.3) is 0 Å². The van der Waals surface area contributed by atoms with Gasteiger partial charge in [-0.25, -0.2) is 0 Å². The number of nitrogens with one attached hydrogen (secondary N) is 1. The number of carbonyl (C=O) groups is 2. The van der Waals surface area contributed by atoms with Crippen LogP contribution in [0.3, 0.4) is 0 Å². The molecule has 2 N–H and O–H groups in total. The molecule has 6 heteroatoms. The Balaban J connectivity index is 1.55. The van der Waals surface area contributed by atoms with Gasteiger partial charge in [-0.2, -0.15) is 0 Å². The molecular formula is C18H23BrN2O3. The fourth-order valence-electron chi connectivity index (χ4n) is 3.56. The number of amides is 1. The van der Waals surface area contributed by atoms with Crippen molar-refractivity contribution in [1.82, 2.24) is 10.2 Å². The number of likely N-dealkylation sites (N-methyl/N-ethyl adjacent to an activating group) is 1. The second-order valence-corrected chi connectivity index (χ2v) is 7.76. The lowest BCUT2D eigenvalue weighted by Gasteiger charge is -2.42. The van der Waals surface area contributed by atoms with Crippen molar-refractivity contribution < 1.29 is 14.7 Å². The van der Waals surface area contributed by atoms with Gasteiger partial charge in [0.1, 0.15) is 0 Å². The van der Waals surface area contributed by atoms with Crippen molar-refractivity contribution in [2.24, 2.45) is 0 Å². The third-order valence-corrected chi connectivity index (χ3v) is 5.76. The maximum Gasteiger partial charge on any atom is 0.317 e. The van der Waals surface area contributed by atoms with Crippen molar-refractivity contribution in [3.05, 3.63) is 34.3 Å². The Bertz CT molecular complexity index is 639. The molecule has 0 aromatic heterocycles. The minimum absolute atomic E-state index is 0.0732. The zero-order valence-electron chi connectivity index (χ0n) is 13.8. The Morgan fingerprint density at radius 3 is 2.62 bits per heavy atom. The van der Waals surface area contributed by atoms with Crippen LogP contribution < -0.4 is 5.32 Å². The second-order valence-electron chi connectivity index (χ2n) is 6.84. The normalized spacial score (nSPS) is 24.3. The lowest BCUT2D eigenvalue weighted by atomic mass is 9.84. The lowest BCUT2D eigenvalue weighted by molar-refractivity contribution is -0.140. The van der Waals surface area contributed by atoms with E-state index >= 15 is 0 Å². The molecule has 2 fully saturated rings. The van der Waals surface area contributed by atoms with E-state index in [0.29, 0.717) is 0 Å². The van der Waals surface area contributed by atoms with Gasteiger partial charge in [0.15, 0.2) is 0 Å². The molecule has 2 saturated carbocycles. The van der Waals surface area contributed by atoms with E-state index < -0.39 is 5.97 Å². The second kappa shape index (κ2) is 6.84. The van der Waals surface area contributed by atoms with Gasteiger partial charge in [-0.3, -0.25) is 14.5 Å². The third kappa shape index (κ3) is 3.49. The van der Waals surface area contributed by atoms with Gasteiger partial charge in [-0.15, -0.1) is 0 Å². The van der Waals surface area contributed by atoms with Crippen LogP contribution in [0.15, 0.2) is 28.7 Å². The molecular weight excluding hydrogens is 372 g/mol. The molecule has 1 aromatic rings. The molecule has 0 radical (unpaired) electrons. The number of hydrogen-bond donors (Lipinski definition) is 2. The molecule has 0 heterocycles. The van der Waals surface area contributed by atoms with Gasteiger partial charge in [-0.05, 0) is 49.9 Å². The van der Waals surface area contributed by atoms with Gasteiger partial charge in [0.25, 0.3) is 0 Å². The smallest absolute Gasteiger partial charge is 0.317 e. The maximum atomic E-state index is 12.7. The van der Waals surface area contributed by atoms with E-state index in [0.717, 1.165) is 42.3 Å². The van der Waals surface area contributed by atoms with Crippen LogP contribution >= 0.6 is 15.9 Å². The predicted molar refractivity (Wildman–Crippen MR) is 94.9 cm³/mol. The average Bonchev–Trinajstić information content (AvgIpc) is 3.30. The zero-order chi connectivity index (χ0) is 17.3. The average molecular weight is 395 g/mol. The molecule has 5 nitrogen and oxygen atoms in total. The highest BCUT2D eigenvalue weighted by molar-refractivity contribution is 9.10. The highest BCUT2D eigenvalue weighted by atomic mass is 79.9. The Labute approximate surface area is 150 Å². The number of benzene rings is 1. The molecule has 0 spiro atoms. The van der Waals surface area contributed by atoms with Gasteiger partial charge in [0, 0.05) is 16.6 Å². The summed E-state index contributed by atoms with van der Waals surface area (Å²) in [6.07, 6.45) is 3.46. The van der Waals surface area contributed by atoms with Crippen molar-refractivity contribution in [3.63, 3.8) is 0 Å². The van der Waals surface area contributed by atoms with Crippen molar-refractivity contribution in [1.29, 1.82) is 0 Å². The highest BCUT2D eigenvalue weighted by Gasteiger charge is 2.52. The quantitative estimate of drug-likeness (QED) is 0.745. The van der Waals surface area contributed by atoms with Crippen LogP contribution in [0.5, 0.6) is 0 Å². The Hall–Kier alpha value is -1.40. The van der Waals surface area contributed by atoms with Crippen molar-refractivity contribution in [2.45, 2.75) is 50.1 Å². The maximum absolute atomic E-state index is 12.7.